The Balaban J connectivity index is 1.57. The van der Waals surface area contributed by atoms with Gasteiger partial charge in [-0.3, -0.25) is 4.79 Å². The molecule has 2 atom stereocenters. The van der Waals surface area contributed by atoms with Crippen LogP contribution < -0.4 is 10.4 Å². The standard InChI is InChI=1S/C22H23N3O3/c1-14-6-5-11-25-13-19(24-20(14)25)15-7-4-8-16(12-15)23-21(26)17-9-2-3-10-18(17)22(27)28/h4-8,11-13,17-18H,2-3,9-10H2,1H3,(H,23,26)(H,27,28)/p-1/t17-,18-/m0/s1. The van der Waals surface area contributed by atoms with Crippen molar-refractivity contribution in [1.29, 1.82) is 0 Å². The third kappa shape index (κ3) is 3.50. The molecule has 1 aliphatic carbocycles. The molecule has 0 unspecified atom stereocenters. The normalized spacial score (nSPS) is 19.5. The average molecular weight is 376 g/mol. The first-order valence-electron chi connectivity index (χ1n) is 9.59. The first kappa shape index (κ1) is 18.2. The molecule has 1 aromatic carbocycles. The molecule has 2 heterocycles. The third-order valence-electron chi connectivity index (χ3n) is 5.51. The van der Waals surface area contributed by atoms with Gasteiger partial charge in [-0.2, -0.15) is 0 Å². The number of fused-ring (bicyclic) bond motifs is 1. The van der Waals surface area contributed by atoms with Gasteiger partial charge in [-0.15, -0.1) is 0 Å². The summed E-state index contributed by atoms with van der Waals surface area (Å²) in [4.78, 5) is 28.8. The Kier molecular flexibility index (Phi) is 4.86. The number of aromatic nitrogens is 2. The summed E-state index contributed by atoms with van der Waals surface area (Å²) in [6.07, 6.45) is 6.68. The molecule has 6 nitrogen and oxygen atoms in total. The molecule has 6 heteroatoms. The Hall–Kier alpha value is -3.15. The van der Waals surface area contributed by atoms with Crippen LogP contribution in [0.2, 0.25) is 0 Å². The number of carbonyl (C=O) groups excluding carboxylic acids is 2. The number of hydrogen-bond acceptors (Lipinski definition) is 4. The van der Waals surface area contributed by atoms with Gasteiger partial charge in [0.2, 0.25) is 5.91 Å². The molecule has 0 saturated heterocycles. The lowest BCUT2D eigenvalue weighted by Gasteiger charge is -2.31. The highest BCUT2D eigenvalue weighted by Gasteiger charge is 2.31. The minimum absolute atomic E-state index is 0.253. The Labute approximate surface area is 163 Å². The number of pyridine rings is 1. The molecule has 1 fully saturated rings. The number of nitrogens with zero attached hydrogens (tertiary/aromatic N) is 2. The van der Waals surface area contributed by atoms with Crippen LogP contribution in [-0.4, -0.2) is 21.3 Å². The first-order chi connectivity index (χ1) is 13.5. The van der Waals surface area contributed by atoms with Crippen molar-refractivity contribution >= 4 is 23.2 Å². The second-order valence-corrected chi connectivity index (χ2v) is 7.43. The fraction of sp³-hybridized carbons (Fsp3) is 0.318. The number of aliphatic carboxylic acids is 1. The number of carbonyl (C=O) groups is 2. The van der Waals surface area contributed by atoms with Gasteiger partial charge in [-0.1, -0.05) is 31.0 Å². The van der Waals surface area contributed by atoms with Crippen LogP contribution in [0.5, 0.6) is 0 Å². The number of rotatable bonds is 4. The summed E-state index contributed by atoms with van der Waals surface area (Å²) in [6.45, 7) is 2.01. The fourth-order valence-corrected chi connectivity index (χ4v) is 4.01. The predicted octanol–water partition coefficient (Wildman–Crippen LogP) is 2.80. The van der Waals surface area contributed by atoms with Crippen molar-refractivity contribution in [2.24, 2.45) is 11.8 Å². The molecule has 0 radical (unpaired) electrons. The highest BCUT2D eigenvalue weighted by molar-refractivity contribution is 5.95. The lowest BCUT2D eigenvalue weighted by atomic mass is 9.78. The van der Waals surface area contributed by atoms with Crippen LogP contribution in [0.4, 0.5) is 5.69 Å². The Bertz CT molecular complexity index is 1040. The van der Waals surface area contributed by atoms with Crippen molar-refractivity contribution in [3.05, 3.63) is 54.4 Å². The van der Waals surface area contributed by atoms with Crippen LogP contribution in [-0.2, 0) is 9.59 Å². The molecular weight excluding hydrogens is 354 g/mol. The van der Waals surface area contributed by atoms with Gasteiger partial charge in [0.15, 0.2) is 0 Å². The summed E-state index contributed by atoms with van der Waals surface area (Å²) in [7, 11) is 0. The Morgan fingerprint density at radius 1 is 1.14 bits per heavy atom. The SMILES string of the molecule is Cc1cccn2cc(-c3cccc(NC(=O)[C@H]4CCCC[C@@H]4C(=O)[O-])c3)nc12. The topological polar surface area (TPSA) is 86.5 Å². The summed E-state index contributed by atoms with van der Waals surface area (Å²) >= 11 is 0. The molecular formula is C22H22N3O3-. The van der Waals surface area contributed by atoms with Gasteiger partial charge in [0.05, 0.1) is 5.69 Å². The molecule has 0 bridgehead atoms. The number of nitrogens with one attached hydrogen (secondary N) is 1. The number of aryl methyl sites for hydroxylation is 1. The number of amides is 1. The molecule has 1 saturated carbocycles. The smallest absolute Gasteiger partial charge is 0.228 e. The number of hydrogen-bond donors (Lipinski definition) is 1. The highest BCUT2D eigenvalue weighted by Crippen LogP contribution is 2.31. The van der Waals surface area contributed by atoms with Crippen LogP contribution in [0.3, 0.4) is 0 Å². The van der Waals surface area contributed by atoms with Gasteiger partial charge in [0, 0.05) is 41.4 Å². The van der Waals surface area contributed by atoms with E-state index in [0.29, 0.717) is 18.5 Å². The summed E-state index contributed by atoms with van der Waals surface area (Å²) in [5.74, 6) is -2.64. The minimum atomic E-state index is -1.13. The van der Waals surface area contributed by atoms with Crippen LogP contribution in [0.15, 0.2) is 48.8 Å². The molecule has 2 aromatic heterocycles. The van der Waals surface area contributed by atoms with E-state index in [1.165, 1.54) is 0 Å². The van der Waals surface area contributed by atoms with E-state index >= 15 is 0 Å². The number of imidazole rings is 1. The predicted molar refractivity (Wildman–Crippen MR) is 104 cm³/mol. The summed E-state index contributed by atoms with van der Waals surface area (Å²) in [5.41, 5.74) is 4.32. The number of anilines is 1. The van der Waals surface area contributed by atoms with E-state index in [1.807, 2.05) is 54.0 Å². The van der Waals surface area contributed by atoms with Gasteiger partial charge in [0.25, 0.3) is 0 Å². The molecule has 28 heavy (non-hydrogen) atoms. The van der Waals surface area contributed by atoms with E-state index in [0.717, 1.165) is 35.3 Å². The monoisotopic (exact) mass is 376 g/mol. The zero-order valence-electron chi connectivity index (χ0n) is 15.7. The van der Waals surface area contributed by atoms with E-state index in [4.69, 9.17) is 4.98 Å². The van der Waals surface area contributed by atoms with E-state index in [9.17, 15) is 14.7 Å². The molecule has 0 aliphatic heterocycles. The molecule has 0 spiro atoms. The maximum Gasteiger partial charge on any atom is 0.228 e. The van der Waals surface area contributed by atoms with E-state index in [2.05, 4.69) is 5.32 Å². The van der Waals surface area contributed by atoms with E-state index in [-0.39, 0.29) is 5.91 Å². The number of benzene rings is 1. The van der Waals surface area contributed by atoms with Crippen molar-refractivity contribution in [2.45, 2.75) is 32.6 Å². The Morgan fingerprint density at radius 3 is 2.68 bits per heavy atom. The quantitative estimate of drug-likeness (QED) is 0.759. The van der Waals surface area contributed by atoms with Crippen molar-refractivity contribution < 1.29 is 14.7 Å². The summed E-state index contributed by atoms with van der Waals surface area (Å²) in [6, 6.07) is 11.5. The van der Waals surface area contributed by atoms with E-state index < -0.39 is 17.8 Å². The maximum atomic E-state index is 12.7. The second-order valence-electron chi connectivity index (χ2n) is 7.43. The first-order valence-corrected chi connectivity index (χ1v) is 9.59. The zero-order valence-corrected chi connectivity index (χ0v) is 15.7. The van der Waals surface area contributed by atoms with Gasteiger partial charge >= 0.3 is 0 Å². The van der Waals surface area contributed by atoms with E-state index in [1.54, 1.807) is 6.07 Å². The molecule has 3 aromatic rings. The van der Waals surface area contributed by atoms with Crippen molar-refractivity contribution in [1.82, 2.24) is 9.38 Å². The van der Waals surface area contributed by atoms with Crippen LogP contribution >= 0.6 is 0 Å². The number of carboxylic acid groups (broad SMARTS) is 1. The third-order valence-corrected chi connectivity index (χ3v) is 5.51. The summed E-state index contributed by atoms with van der Waals surface area (Å²) < 4.78 is 1.97. The van der Waals surface area contributed by atoms with Crippen molar-refractivity contribution in [3.8, 4) is 11.3 Å². The van der Waals surface area contributed by atoms with Gasteiger partial charge in [-0.05, 0) is 43.5 Å². The lowest BCUT2D eigenvalue weighted by molar-refractivity contribution is -0.313. The van der Waals surface area contributed by atoms with Crippen molar-refractivity contribution in [3.63, 3.8) is 0 Å². The molecule has 144 valence electrons. The molecule has 4 rings (SSSR count). The molecule has 1 amide bonds. The Morgan fingerprint density at radius 2 is 1.93 bits per heavy atom. The maximum absolute atomic E-state index is 12.7. The highest BCUT2D eigenvalue weighted by atomic mass is 16.4. The lowest BCUT2D eigenvalue weighted by Crippen LogP contribution is -2.42. The van der Waals surface area contributed by atoms with Gasteiger partial charge in [-0.25, -0.2) is 4.98 Å². The number of carboxylic acids is 1. The van der Waals surface area contributed by atoms with Gasteiger partial charge < -0.3 is 19.6 Å². The van der Waals surface area contributed by atoms with Crippen LogP contribution in [0.1, 0.15) is 31.2 Å². The minimum Gasteiger partial charge on any atom is -0.550 e. The van der Waals surface area contributed by atoms with Crippen molar-refractivity contribution in [2.75, 3.05) is 5.32 Å². The summed E-state index contributed by atoms with van der Waals surface area (Å²) in [5, 5.41) is 14.3. The molecule has 1 aliphatic rings. The molecule has 1 N–H and O–H groups in total. The second kappa shape index (κ2) is 7.46. The van der Waals surface area contributed by atoms with Crippen LogP contribution in [0, 0.1) is 18.8 Å². The largest absolute Gasteiger partial charge is 0.550 e. The fourth-order valence-electron chi connectivity index (χ4n) is 4.01. The zero-order chi connectivity index (χ0) is 19.7. The van der Waals surface area contributed by atoms with Gasteiger partial charge in [0.1, 0.15) is 5.65 Å². The average Bonchev–Trinajstić information content (AvgIpc) is 3.14. The van der Waals surface area contributed by atoms with Crippen LogP contribution in [0.25, 0.3) is 16.9 Å².